The molecule has 0 bridgehead atoms. The van der Waals surface area contributed by atoms with E-state index in [9.17, 15) is 0 Å². The van der Waals surface area contributed by atoms with E-state index < -0.39 is 21.9 Å². The summed E-state index contributed by atoms with van der Waals surface area (Å²) in [7, 11) is 0. The lowest BCUT2D eigenvalue weighted by Gasteiger charge is -2.36. The summed E-state index contributed by atoms with van der Waals surface area (Å²) < 4.78 is 0. The first-order valence-corrected chi connectivity index (χ1v) is 26.7. The van der Waals surface area contributed by atoms with E-state index >= 15 is 0 Å². The lowest BCUT2D eigenvalue weighted by molar-refractivity contribution is 0.750. The Labute approximate surface area is 444 Å². The van der Waals surface area contributed by atoms with Crippen LogP contribution < -0.4 is 10.6 Å². The highest BCUT2D eigenvalue weighted by Gasteiger charge is 2.53. The normalized spacial score (nSPS) is 19.4. The van der Waals surface area contributed by atoms with Crippen LogP contribution in [-0.4, -0.2) is 0 Å². The molecule has 2 heteroatoms. The molecule has 6 aliphatic carbocycles. The lowest BCUT2D eigenvalue weighted by atomic mass is 9.69. The summed E-state index contributed by atoms with van der Waals surface area (Å²) in [5.74, 6) is 0. The van der Waals surface area contributed by atoms with Crippen molar-refractivity contribution in [2.24, 2.45) is 0 Å². The fraction of sp³-hybridized carbons (Fsp3) is 0.0541. The molecule has 76 heavy (non-hydrogen) atoms. The fourth-order valence-electron chi connectivity index (χ4n) is 14.4. The van der Waals surface area contributed by atoms with Crippen LogP contribution >= 0.6 is 0 Å². The molecule has 0 atom stereocenters. The molecule has 2 N–H and O–H groups in total. The van der Waals surface area contributed by atoms with E-state index in [4.69, 9.17) is 0 Å². The zero-order valence-corrected chi connectivity index (χ0v) is 41.7. The Morgan fingerprint density at radius 2 is 0.474 bits per heavy atom. The van der Waals surface area contributed by atoms with E-state index in [0.717, 1.165) is 22.5 Å². The summed E-state index contributed by atoms with van der Waals surface area (Å²) in [6.07, 6.45) is 18.8. The highest BCUT2D eigenvalue weighted by atomic mass is 15.0. The van der Waals surface area contributed by atoms with Crippen LogP contribution in [0.15, 0.2) is 302 Å². The number of fused-ring (bicyclic) bond motifs is 20. The van der Waals surface area contributed by atoms with Gasteiger partial charge in [0.25, 0.3) is 0 Å². The Hall–Kier alpha value is -9.50. The standard InChI is InChI=1S/C74H50N2/c1-3-19-53(20-4-1)75-71(51-35-37-61-59-27-11-17-33-67(59)73(69(61)47-51)63-29-13-7-23-55(63)56-24-8-14-30-64(56)73)43-39-49(40-44-71)50-41-45-72(46-42-50,76-54-21-5-2-6-22-54)52-36-38-62-60-28-12-18-34-68(60)74(70(62)48-52)65-31-15-9-25-57(65)58-26-10-16-32-66(58)74/h1-48,75-76H. The molecule has 0 radical (unpaired) electrons. The number of hydrogen-bond donors (Lipinski definition) is 2. The van der Waals surface area contributed by atoms with Crippen LogP contribution in [0.1, 0.15) is 55.6 Å². The summed E-state index contributed by atoms with van der Waals surface area (Å²) >= 11 is 0. The minimum Gasteiger partial charge on any atom is -0.369 e. The van der Waals surface area contributed by atoms with Gasteiger partial charge in [0.1, 0.15) is 11.1 Å². The van der Waals surface area contributed by atoms with Gasteiger partial charge < -0.3 is 10.6 Å². The summed E-state index contributed by atoms with van der Waals surface area (Å²) in [5, 5.41) is 8.09. The predicted octanol–water partition coefficient (Wildman–Crippen LogP) is 17.2. The van der Waals surface area contributed by atoms with E-state index in [1.165, 1.54) is 100 Å². The van der Waals surface area contributed by atoms with Crippen molar-refractivity contribution in [1.29, 1.82) is 0 Å². The van der Waals surface area contributed by atoms with Crippen molar-refractivity contribution >= 4 is 11.4 Å². The Morgan fingerprint density at radius 3 is 0.763 bits per heavy atom. The maximum absolute atomic E-state index is 4.04. The van der Waals surface area contributed by atoms with E-state index in [1.807, 2.05) is 0 Å². The number of para-hydroxylation sites is 2. The molecule has 10 aromatic carbocycles. The smallest absolute Gasteiger partial charge is 0.100 e. The number of nitrogens with one attached hydrogen (secondary N) is 2. The maximum atomic E-state index is 4.04. The molecule has 0 saturated heterocycles. The summed E-state index contributed by atoms with van der Waals surface area (Å²) in [6, 6.07) is 90.1. The molecule has 10 aromatic rings. The van der Waals surface area contributed by atoms with Crippen molar-refractivity contribution < 1.29 is 0 Å². The van der Waals surface area contributed by atoms with Gasteiger partial charge >= 0.3 is 0 Å². The molecule has 0 heterocycles. The highest BCUT2D eigenvalue weighted by Crippen LogP contribution is 2.65. The minimum atomic E-state index is -0.649. The Morgan fingerprint density at radius 1 is 0.224 bits per heavy atom. The minimum absolute atomic E-state index is 0.439. The number of rotatable bonds is 6. The second-order valence-corrected chi connectivity index (χ2v) is 21.3. The Kier molecular flexibility index (Phi) is 9.04. The molecular weight excluding hydrogens is 917 g/mol. The van der Waals surface area contributed by atoms with Crippen molar-refractivity contribution in [2.45, 2.75) is 21.9 Å². The van der Waals surface area contributed by atoms with Crippen LogP contribution in [0.5, 0.6) is 0 Å². The third-order valence-corrected chi connectivity index (χ3v) is 17.6. The first-order chi connectivity index (χ1) is 37.6. The topological polar surface area (TPSA) is 24.1 Å². The van der Waals surface area contributed by atoms with Crippen LogP contribution in [0.3, 0.4) is 0 Å². The zero-order valence-electron chi connectivity index (χ0n) is 41.7. The summed E-state index contributed by atoms with van der Waals surface area (Å²) in [4.78, 5) is 0. The van der Waals surface area contributed by atoms with Crippen LogP contribution in [0.4, 0.5) is 11.4 Å². The molecule has 0 aliphatic heterocycles. The van der Waals surface area contributed by atoms with Gasteiger partial charge in [-0.1, -0.05) is 267 Å². The molecule has 16 rings (SSSR count). The van der Waals surface area contributed by atoms with Crippen molar-refractivity contribution in [3.63, 3.8) is 0 Å². The Bertz CT molecular complexity index is 3810. The maximum Gasteiger partial charge on any atom is 0.100 e. The molecule has 0 aromatic heterocycles. The first-order valence-electron chi connectivity index (χ1n) is 26.7. The van der Waals surface area contributed by atoms with Crippen molar-refractivity contribution in [3.8, 4) is 44.5 Å². The van der Waals surface area contributed by atoms with Gasteiger partial charge in [-0.3, -0.25) is 0 Å². The van der Waals surface area contributed by atoms with E-state index in [1.54, 1.807) is 0 Å². The van der Waals surface area contributed by atoms with Crippen LogP contribution in [0, 0.1) is 0 Å². The van der Waals surface area contributed by atoms with E-state index in [2.05, 4.69) is 302 Å². The monoisotopic (exact) mass is 966 g/mol. The van der Waals surface area contributed by atoms with Gasteiger partial charge in [-0.2, -0.15) is 0 Å². The number of anilines is 2. The molecular formula is C74H50N2. The highest BCUT2D eigenvalue weighted by molar-refractivity contribution is 5.97. The molecule has 2 spiro atoms. The lowest BCUT2D eigenvalue weighted by Crippen LogP contribution is -2.34. The van der Waals surface area contributed by atoms with Gasteiger partial charge in [-0.05, 0) is 136 Å². The van der Waals surface area contributed by atoms with E-state index in [0.29, 0.717) is 0 Å². The predicted molar refractivity (Wildman–Crippen MR) is 313 cm³/mol. The molecule has 6 aliphatic rings. The van der Waals surface area contributed by atoms with Gasteiger partial charge in [0.05, 0.1) is 10.8 Å². The second kappa shape index (κ2) is 16.0. The summed E-state index contributed by atoms with van der Waals surface area (Å²) in [5.41, 5.74) is 25.8. The fourth-order valence-corrected chi connectivity index (χ4v) is 14.4. The van der Waals surface area contributed by atoms with Crippen molar-refractivity contribution in [1.82, 2.24) is 0 Å². The third kappa shape index (κ3) is 5.76. The second-order valence-electron chi connectivity index (χ2n) is 21.3. The molecule has 0 amide bonds. The van der Waals surface area contributed by atoms with Gasteiger partial charge in [0, 0.05) is 11.4 Å². The molecule has 0 unspecified atom stereocenters. The SMILES string of the molecule is C1=CC(Nc2ccccc2)(c2ccc3c(c2)C2(c4ccccc4-c4ccccc42)c2ccccc2-3)C=CC1=C1C=CC(Nc2ccccc2)(c2ccc3c(c2)C2(c4ccccc4-c4ccccc42)c2ccccc2-3)C=C1. The average molecular weight is 967 g/mol. The number of hydrogen-bond acceptors (Lipinski definition) is 2. The number of benzene rings is 10. The Balaban J connectivity index is 0.821. The molecule has 2 nitrogen and oxygen atoms in total. The van der Waals surface area contributed by atoms with E-state index in [-0.39, 0.29) is 0 Å². The third-order valence-electron chi connectivity index (χ3n) is 17.6. The van der Waals surface area contributed by atoms with Gasteiger partial charge in [-0.15, -0.1) is 0 Å². The first kappa shape index (κ1) is 43.0. The summed E-state index contributed by atoms with van der Waals surface area (Å²) in [6.45, 7) is 0. The van der Waals surface area contributed by atoms with Crippen molar-refractivity contribution in [3.05, 3.63) is 358 Å². The average Bonchev–Trinajstić information content (AvgIpc) is 4.34. The van der Waals surface area contributed by atoms with Crippen LogP contribution in [0.25, 0.3) is 44.5 Å². The molecule has 0 fully saturated rings. The van der Waals surface area contributed by atoms with Gasteiger partial charge in [-0.25, -0.2) is 0 Å². The molecule has 0 saturated carbocycles. The van der Waals surface area contributed by atoms with Gasteiger partial charge in [0.15, 0.2) is 0 Å². The molecule has 356 valence electrons. The quantitative estimate of drug-likeness (QED) is 0.174. The number of allylic oxidation sites excluding steroid dienone is 6. The van der Waals surface area contributed by atoms with Crippen LogP contribution in [-0.2, 0) is 21.9 Å². The largest absolute Gasteiger partial charge is 0.369 e. The zero-order chi connectivity index (χ0) is 50.1. The van der Waals surface area contributed by atoms with Crippen molar-refractivity contribution in [2.75, 3.05) is 10.6 Å². The van der Waals surface area contributed by atoms with Crippen LogP contribution in [0.2, 0.25) is 0 Å². The van der Waals surface area contributed by atoms with Gasteiger partial charge in [0.2, 0.25) is 0 Å².